The van der Waals surface area contributed by atoms with E-state index in [1.54, 1.807) is 10.9 Å². The van der Waals surface area contributed by atoms with Crippen LogP contribution in [0.2, 0.25) is 0 Å². The van der Waals surface area contributed by atoms with Crippen molar-refractivity contribution in [2.75, 3.05) is 32.7 Å². The zero-order valence-electron chi connectivity index (χ0n) is 17.3. The molecule has 9 nitrogen and oxygen atoms in total. The molecule has 0 aliphatic carbocycles. The van der Waals surface area contributed by atoms with Gasteiger partial charge in [-0.25, -0.2) is 0 Å². The van der Waals surface area contributed by atoms with Crippen molar-refractivity contribution in [1.29, 1.82) is 0 Å². The third-order valence-electron chi connectivity index (χ3n) is 5.32. The lowest BCUT2D eigenvalue weighted by atomic mass is 10.2. The maximum atomic E-state index is 12.4. The van der Waals surface area contributed by atoms with Crippen molar-refractivity contribution >= 4 is 5.91 Å². The number of hydrogen-bond acceptors (Lipinski definition) is 7. The topological polar surface area (TPSA) is 93.2 Å². The molecule has 0 N–H and O–H groups in total. The minimum absolute atomic E-state index is 0.0644. The lowest BCUT2D eigenvalue weighted by molar-refractivity contribution is 0.0595. The first-order chi connectivity index (χ1) is 14.7. The average molecular weight is 409 g/mol. The summed E-state index contributed by atoms with van der Waals surface area (Å²) in [7, 11) is 0. The van der Waals surface area contributed by atoms with Crippen LogP contribution in [0.25, 0.3) is 11.4 Å². The Bertz CT molecular complexity index is 945. The smallest absolute Gasteiger partial charge is 0.292 e. The van der Waals surface area contributed by atoms with Gasteiger partial charge in [-0.15, -0.1) is 10.2 Å². The Morgan fingerprint density at radius 1 is 1.03 bits per heavy atom. The average Bonchev–Trinajstić information content (AvgIpc) is 3.43. The highest BCUT2D eigenvalue weighted by molar-refractivity contribution is 5.91. The van der Waals surface area contributed by atoms with Crippen LogP contribution in [0.3, 0.4) is 0 Å². The van der Waals surface area contributed by atoms with Crippen LogP contribution >= 0.6 is 0 Å². The SMILES string of the molecule is Cc1cc(C(=O)N2CCN(CCCCCn3nnc(-c4ccccc4)n3)CC2)on1. The molecule has 1 saturated heterocycles. The van der Waals surface area contributed by atoms with Crippen molar-refractivity contribution in [2.45, 2.75) is 32.7 Å². The Balaban J connectivity index is 1.12. The summed E-state index contributed by atoms with van der Waals surface area (Å²) >= 11 is 0. The van der Waals surface area contributed by atoms with Crippen molar-refractivity contribution in [2.24, 2.45) is 0 Å². The van der Waals surface area contributed by atoms with Crippen LogP contribution in [0.4, 0.5) is 0 Å². The molecule has 1 amide bonds. The molecule has 1 fully saturated rings. The molecule has 1 aromatic carbocycles. The summed E-state index contributed by atoms with van der Waals surface area (Å²) in [5, 5.41) is 16.5. The molecule has 0 atom stereocenters. The number of hydrogen-bond donors (Lipinski definition) is 0. The molecule has 3 aromatic rings. The number of aryl methyl sites for hydroxylation is 2. The van der Waals surface area contributed by atoms with E-state index in [-0.39, 0.29) is 5.91 Å². The number of benzene rings is 1. The summed E-state index contributed by atoms with van der Waals surface area (Å²) in [6, 6.07) is 11.6. The molecule has 2 aromatic heterocycles. The second-order valence-corrected chi connectivity index (χ2v) is 7.60. The van der Waals surface area contributed by atoms with E-state index in [2.05, 4.69) is 25.5 Å². The maximum Gasteiger partial charge on any atom is 0.292 e. The number of carbonyl (C=O) groups excluding carboxylic acids is 1. The Morgan fingerprint density at radius 3 is 2.53 bits per heavy atom. The third-order valence-corrected chi connectivity index (χ3v) is 5.32. The van der Waals surface area contributed by atoms with Crippen molar-refractivity contribution in [1.82, 2.24) is 35.2 Å². The first-order valence-electron chi connectivity index (χ1n) is 10.5. The summed E-state index contributed by atoms with van der Waals surface area (Å²) in [6.07, 6.45) is 3.25. The van der Waals surface area contributed by atoms with Crippen molar-refractivity contribution in [3.63, 3.8) is 0 Å². The molecular formula is C21H27N7O2. The summed E-state index contributed by atoms with van der Waals surface area (Å²) < 4.78 is 5.09. The van der Waals surface area contributed by atoms with E-state index < -0.39 is 0 Å². The van der Waals surface area contributed by atoms with Crippen LogP contribution in [-0.2, 0) is 6.54 Å². The van der Waals surface area contributed by atoms with E-state index >= 15 is 0 Å². The summed E-state index contributed by atoms with van der Waals surface area (Å²) in [6.45, 7) is 6.88. The Hall–Kier alpha value is -3.07. The molecule has 3 heterocycles. The van der Waals surface area contributed by atoms with Crippen molar-refractivity contribution in [3.8, 4) is 11.4 Å². The summed E-state index contributed by atoms with van der Waals surface area (Å²) in [5.74, 6) is 0.937. The molecule has 0 bridgehead atoms. The summed E-state index contributed by atoms with van der Waals surface area (Å²) in [5.41, 5.74) is 1.72. The largest absolute Gasteiger partial charge is 0.351 e. The zero-order valence-corrected chi connectivity index (χ0v) is 17.3. The van der Waals surface area contributed by atoms with E-state index in [0.29, 0.717) is 11.6 Å². The molecule has 0 spiro atoms. The minimum atomic E-state index is -0.0644. The van der Waals surface area contributed by atoms with Gasteiger partial charge in [-0.2, -0.15) is 4.80 Å². The van der Waals surface area contributed by atoms with Gasteiger partial charge in [0.15, 0.2) is 0 Å². The lowest BCUT2D eigenvalue weighted by Crippen LogP contribution is -2.48. The fourth-order valence-electron chi connectivity index (χ4n) is 3.60. The van der Waals surface area contributed by atoms with Crippen molar-refractivity contribution < 1.29 is 9.32 Å². The Labute approximate surface area is 175 Å². The van der Waals surface area contributed by atoms with Gasteiger partial charge < -0.3 is 9.42 Å². The number of aromatic nitrogens is 5. The van der Waals surface area contributed by atoms with Gasteiger partial charge in [0, 0.05) is 37.8 Å². The first-order valence-corrected chi connectivity index (χ1v) is 10.5. The van der Waals surface area contributed by atoms with Gasteiger partial charge in [-0.3, -0.25) is 9.69 Å². The van der Waals surface area contributed by atoms with Gasteiger partial charge in [0.1, 0.15) is 0 Å². The second-order valence-electron chi connectivity index (χ2n) is 7.60. The molecule has 4 rings (SSSR count). The van der Waals surface area contributed by atoms with Crippen molar-refractivity contribution in [3.05, 3.63) is 47.9 Å². The molecular weight excluding hydrogens is 382 g/mol. The van der Waals surface area contributed by atoms with E-state index in [0.717, 1.165) is 69.8 Å². The van der Waals surface area contributed by atoms with E-state index in [4.69, 9.17) is 4.52 Å². The van der Waals surface area contributed by atoms with Gasteiger partial charge in [0.25, 0.3) is 5.91 Å². The number of rotatable bonds is 8. The molecule has 30 heavy (non-hydrogen) atoms. The maximum absolute atomic E-state index is 12.4. The fraction of sp³-hybridized carbons (Fsp3) is 0.476. The van der Waals surface area contributed by atoms with Crippen LogP contribution in [0.15, 0.2) is 40.9 Å². The molecule has 0 radical (unpaired) electrons. The van der Waals surface area contributed by atoms with Crippen LogP contribution in [0.5, 0.6) is 0 Å². The highest BCUT2D eigenvalue weighted by Crippen LogP contribution is 2.13. The standard InChI is InChI=1S/C21H27N7O2/c1-17-16-19(30-24-17)21(29)27-14-12-26(13-15-27)10-6-3-7-11-28-23-20(22-25-28)18-8-4-2-5-9-18/h2,4-5,8-9,16H,3,6-7,10-15H2,1H3. The number of nitrogens with zero attached hydrogens (tertiary/aromatic N) is 7. The highest BCUT2D eigenvalue weighted by atomic mass is 16.5. The predicted octanol–water partition coefficient (Wildman–Crippen LogP) is 2.26. The highest BCUT2D eigenvalue weighted by Gasteiger charge is 2.24. The quantitative estimate of drug-likeness (QED) is 0.527. The number of amides is 1. The zero-order chi connectivity index (χ0) is 20.8. The molecule has 1 aliphatic rings. The van der Waals surface area contributed by atoms with Gasteiger partial charge in [0.2, 0.25) is 11.6 Å². The Kier molecular flexibility index (Phi) is 6.48. The normalized spacial score (nSPS) is 14.9. The number of unbranched alkanes of at least 4 members (excludes halogenated alkanes) is 2. The third kappa shape index (κ3) is 5.10. The number of tetrazole rings is 1. The van der Waals surface area contributed by atoms with E-state index in [9.17, 15) is 4.79 Å². The van der Waals surface area contributed by atoms with Gasteiger partial charge >= 0.3 is 0 Å². The van der Waals surface area contributed by atoms with Gasteiger partial charge in [0.05, 0.1) is 12.2 Å². The molecule has 0 unspecified atom stereocenters. The monoisotopic (exact) mass is 409 g/mol. The minimum Gasteiger partial charge on any atom is -0.351 e. The summed E-state index contributed by atoms with van der Waals surface area (Å²) in [4.78, 5) is 18.3. The van der Waals surface area contributed by atoms with Crippen LogP contribution < -0.4 is 0 Å². The fourth-order valence-corrected chi connectivity index (χ4v) is 3.60. The van der Waals surface area contributed by atoms with E-state index in [1.165, 1.54) is 0 Å². The van der Waals surface area contributed by atoms with Crippen LogP contribution in [-0.4, -0.2) is 73.8 Å². The second kappa shape index (κ2) is 9.62. The number of carbonyl (C=O) groups is 1. The molecule has 158 valence electrons. The van der Waals surface area contributed by atoms with Crippen LogP contribution in [0, 0.1) is 6.92 Å². The Morgan fingerprint density at radius 2 is 1.80 bits per heavy atom. The van der Waals surface area contributed by atoms with Crippen LogP contribution in [0.1, 0.15) is 35.5 Å². The molecule has 1 aliphatic heterocycles. The molecule has 9 heteroatoms. The van der Waals surface area contributed by atoms with E-state index in [1.807, 2.05) is 42.2 Å². The number of piperazine rings is 1. The van der Waals surface area contributed by atoms with Gasteiger partial charge in [-0.1, -0.05) is 41.9 Å². The first kappa shape index (κ1) is 20.2. The molecule has 0 saturated carbocycles. The lowest BCUT2D eigenvalue weighted by Gasteiger charge is -2.34. The van der Waals surface area contributed by atoms with Gasteiger partial charge in [-0.05, 0) is 31.5 Å². The predicted molar refractivity (Wildman–Crippen MR) is 111 cm³/mol.